The summed E-state index contributed by atoms with van der Waals surface area (Å²) in [5.41, 5.74) is 0. The summed E-state index contributed by atoms with van der Waals surface area (Å²) in [7, 11) is -3.65. The predicted octanol–water partition coefficient (Wildman–Crippen LogP) is 2.77. The molecular formula is C14H16N2O3S2. The molecule has 0 aliphatic rings. The lowest BCUT2D eigenvalue weighted by atomic mass is 10.3. The molecule has 1 heterocycles. The zero-order chi connectivity index (χ0) is 15.3. The number of hydrazone groups is 1. The number of rotatable bonds is 6. The van der Waals surface area contributed by atoms with Gasteiger partial charge >= 0.3 is 0 Å². The number of hydrogen-bond donors (Lipinski definition) is 1. The van der Waals surface area contributed by atoms with E-state index in [2.05, 4.69) is 9.93 Å². The summed E-state index contributed by atoms with van der Waals surface area (Å²) >= 11 is 1.54. The fraction of sp³-hybridized carbons (Fsp3) is 0.214. The molecule has 21 heavy (non-hydrogen) atoms. The van der Waals surface area contributed by atoms with Crippen molar-refractivity contribution >= 4 is 27.6 Å². The first-order valence-corrected chi connectivity index (χ1v) is 8.65. The van der Waals surface area contributed by atoms with E-state index >= 15 is 0 Å². The number of aryl methyl sites for hydroxylation is 1. The average molecular weight is 324 g/mol. The van der Waals surface area contributed by atoms with E-state index in [0.717, 1.165) is 9.75 Å². The van der Waals surface area contributed by atoms with Gasteiger partial charge in [-0.25, -0.2) is 4.83 Å². The molecule has 0 aliphatic heterocycles. The molecular weight excluding hydrogens is 308 g/mol. The minimum Gasteiger partial charge on any atom is -0.494 e. The molecule has 5 nitrogen and oxygen atoms in total. The molecule has 1 aromatic heterocycles. The van der Waals surface area contributed by atoms with Crippen LogP contribution >= 0.6 is 11.3 Å². The van der Waals surface area contributed by atoms with Crippen molar-refractivity contribution in [3.63, 3.8) is 0 Å². The third-order valence-corrected chi connectivity index (χ3v) is 4.74. The number of sulfonamides is 1. The maximum Gasteiger partial charge on any atom is 0.276 e. The van der Waals surface area contributed by atoms with E-state index in [0.29, 0.717) is 12.4 Å². The van der Waals surface area contributed by atoms with Gasteiger partial charge in [0.1, 0.15) is 5.75 Å². The van der Waals surface area contributed by atoms with Gasteiger partial charge in [0.25, 0.3) is 10.0 Å². The Bertz CT molecular complexity index is 719. The summed E-state index contributed by atoms with van der Waals surface area (Å²) in [4.78, 5) is 4.37. The fourth-order valence-corrected chi connectivity index (χ4v) is 3.16. The molecule has 0 fully saturated rings. The summed E-state index contributed by atoms with van der Waals surface area (Å²) < 4.78 is 29.3. The molecule has 0 aliphatic carbocycles. The van der Waals surface area contributed by atoms with Crippen molar-refractivity contribution in [1.82, 2.24) is 4.83 Å². The van der Waals surface area contributed by atoms with Crippen molar-refractivity contribution < 1.29 is 13.2 Å². The molecule has 7 heteroatoms. The Morgan fingerprint density at radius 2 is 1.95 bits per heavy atom. The van der Waals surface area contributed by atoms with Gasteiger partial charge in [-0.05, 0) is 50.2 Å². The lowest BCUT2D eigenvalue weighted by molar-refractivity contribution is 0.340. The first kappa shape index (κ1) is 15.5. The standard InChI is InChI=1S/C14H16N2O3S2/c1-3-19-12-5-8-14(9-6-12)21(17,18)16-15-10-13-7-4-11(2)20-13/h4-10,16H,3H2,1-2H3/b15-10+. The molecule has 112 valence electrons. The Kier molecular flexibility index (Phi) is 4.98. The third-order valence-electron chi connectivity index (χ3n) is 2.57. The zero-order valence-corrected chi connectivity index (χ0v) is 13.4. The molecule has 1 N–H and O–H groups in total. The molecule has 0 unspecified atom stereocenters. The Morgan fingerprint density at radius 1 is 1.24 bits per heavy atom. The van der Waals surface area contributed by atoms with E-state index in [9.17, 15) is 8.42 Å². The molecule has 0 spiro atoms. The van der Waals surface area contributed by atoms with Crippen molar-refractivity contribution in [2.45, 2.75) is 18.7 Å². The molecule has 0 saturated heterocycles. The second kappa shape index (κ2) is 6.73. The molecule has 0 bridgehead atoms. The summed E-state index contributed by atoms with van der Waals surface area (Å²) in [5, 5.41) is 3.78. The van der Waals surface area contributed by atoms with Gasteiger partial charge < -0.3 is 4.74 Å². The van der Waals surface area contributed by atoms with Crippen LogP contribution in [0.15, 0.2) is 46.4 Å². The van der Waals surface area contributed by atoms with Gasteiger partial charge in [0.2, 0.25) is 0 Å². The van der Waals surface area contributed by atoms with Crippen LogP contribution in [0.25, 0.3) is 0 Å². The Balaban J connectivity index is 2.05. The SMILES string of the molecule is CCOc1ccc(S(=O)(=O)N/N=C/c2ccc(C)s2)cc1. The van der Waals surface area contributed by atoms with E-state index in [1.165, 1.54) is 18.3 Å². The van der Waals surface area contributed by atoms with Crippen LogP contribution in [0.1, 0.15) is 16.7 Å². The molecule has 0 radical (unpaired) electrons. The molecule has 0 atom stereocenters. The highest BCUT2D eigenvalue weighted by Gasteiger charge is 2.12. The molecule has 0 amide bonds. The zero-order valence-electron chi connectivity index (χ0n) is 11.7. The van der Waals surface area contributed by atoms with Gasteiger partial charge in [-0.2, -0.15) is 13.5 Å². The summed E-state index contributed by atoms with van der Waals surface area (Å²) in [6, 6.07) is 10.0. The second-order valence-corrected chi connectivity index (χ2v) is 7.19. The highest BCUT2D eigenvalue weighted by molar-refractivity contribution is 7.89. The Morgan fingerprint density at radius 3 is 2.52 bits per heavy atom. The number of nitrogens with zero attached hydrogens (tertiary/aromatic N) is 1. The van der Waals surface area contributed by atoms with Crippen molar-refractivity contribution in [1.29, 1.82) is 0 Å². The van der Waals surface area contributed by atoms with Gasteiger partial charge in [0, 0.05) is 9.75 Å². The number of thiophene rings is 1. The number of nitrogens with one attached hydrogen (secondary N) is 1. The molecule has 0 saturated carbocycles. The Labute approximate surface area is 128 Å². The van der Waals surface area contributed by atoms with E-state index in [4.69, 9.17) is 4.74 Å². The van der Waals surface area contributed by atoms with Crippen LogP contribution in [-0.2, 0) is 10.0 Å². The first-order chi connectivity index (χ1) is 10.0. The number of hydrogen-bond acceptors (Lipinski definition) is 5. The minimum atomic E-state index is -3.65. The van der Waals surface area contributed by atoms with Gasteiger partial charge in [-0.3, -0.25) is 0 Å². The fourth-order valence-electron chi connectivity index (χ4n) is 1.62. The van der Waals surface area contributed by atoms with Crippen LogP contribution in [-0.4, -0.2) is 21.2 Å². The summed E-state index contributed by atoms with van der Waals surface area (Å²) in [5.74, 6) is 0.633. The van der Waals surface area contributed by atoms with Crippen molar-refractivity contribution in [2.75, 3.05) is 6.61 Å². The van der Waals surface area contributed by atoms with Crippen LogP contribution in [0, 0.1) is 6.92 Å². The maximum atomic E-state index is 12.0. The monoisotopic (exact) mass is 324 g/mol. The van der Waals surface area contributed by atoms with E-state index < -0.39 is 10.0 Å². The van der Waals surface area contributed by atoms with E-state index in [1.807, 2.05) is 26.0 Å². The smallest absolute Gasteiger partial charge is 0.276 e. The van der Waals surface area contributed by atoms with Crippen molar-refractivity contribution in [3.8, 4) is 5.75 Å². The average Bonchev–Trinajstić information content (AvgIpc) is 2.85. The van der Waals surface area contributed by atoms with Crippen LogP contribution < -0.4 is 9.57 Å². The predicted molar refractivity (Wildman–Crippen MR) is 84.6 cm³/mol. The largest absolute Gasteiger partial charge is 0.494 e. The lowest BCUT2D eigenvalue weighted by Gasteiger charge is -2.05. The van der Waals surface area contributed by atoms with Crippen LogP contribution in [0.4, 0.5) is 0 Å². The van der Waals surface area contributed by atoms with Crippen LogP contribution in [0.5, 0.6) is 5.75 Å². The number of ether oxygens (including phenoxy) is 1. The van der Waals surface area contributed by atoms with Gasteiger partial charge in [0.05, 0.1) is 17.7 Å². The minimum absolute atomic E-state index is 0.144. The van der Waals surface area contributed by atoms with E-state index in [-0.39, 0.29) is 4.90 Å². The quantitative estimate of drug-likeness (QED) is 0.656. The Hall–Kier alpha value is -1.86. The lowest BCUT2D eigenvalue weighted by Crippen LogP contribution is -2.18. The summed E-state index contributed by atoms with van der Waals surface area (Å²) in [6.07, 6.45) is 1.49. The molecule has 2 rings (SSSR count). The van der Waals surface area contributed by atoms with Crippen molar-refractivity contribution in [2.24, 2.45) is 5.10 Å². The topological polar surface area (TPSA) is 67.8 Å². The maximum absolute atomic E-state index is 12.0. The van der Waals surface area contributed by atoms with Crippen LogP contribution in [0.3, 0.4) is 0 Å². The highest BCUT2D eigenvalue weighted by Crippen LogP contribution is 2.16. The van der Waals surface area contributed by atoms with Crippen LogP contribution in [0.2, 0.25) is 0 Å². The highest BCUT2D eigenvalue weighted by atomic mass is 32.2. The third kappa shape index (κ3) is 4.30. The normalized spacial score (nSPS) is 11.7. The van der Waals surface area contributed by atoms with Crippen molar-refractivity contribution in [3.05, 3.63) is 46.2 Å². The summed E-state index contributed by atoms with van der Waals surface area (Å²) in [6.45, 7) is 4.38. The first-order valence-electron chi connectivity index (χ1n) is 6.35. The number of benzene rings is 1. The van der Waals surface area contributed by atoms with Gasteiger partial charge in [0.15, 0.2) is 0 Å². The second-order valence-electron chi connectivity index (χ2n) is 4.21. The van der Waals surface area contributed by atoms with Gasteiger partial charge in [-0.15, -0.1) is 11.3 Å². The van der Waals surface area contributed by atoms with Gasteiger partial charge in [-0.1, -0.05) is 0 Å². The molecule has 1 aromatic carbocycles. The molecule has 2 aromatic rings. The van der Waals surface area contributed by atoms with E-state index in [1.54, 1.807) is 23.5 Å².